The summed E-state index contributed by atoms with van der Waals surface area (Å²) in [5.41, 5.74) is 3.31. The molecule has 0 radical (unpaired) electrons. The molecule has 1 amide bonds. The summed E-state index contributed by atoms with van der Waals surface area (Å²) in [6, 6.07) is 14.2. The number of carbonyl (C=O) groups excluding carboxylic acids is 2. The van der Waals surface area contributed by atoms with Crippen LogP contribution in [0.1, 0.15) is 44.3 Å². The first-order valence-electron chi connectivity index (χ1n) is 10.5. The van der Waals surface area contributed by atoms with Crippen molar-refractivity contribution in [2.45, 2.75) is 32.6 Å². The fourth-order valence-corrected chi connectivity index (χ4v) is 4.85. The van der Waals surface area contributed by atoms with E-state index in [0.717, 1.165) is 11.1 Å². The number of halogens is 1. The maximum Gasteiger partial charge on any atom is 0.339 e. The summed E-state index contributed by atoms with van der Waals surface area (Å²) in [4.78, 5) is 24.9. The van der Waals surface area contributed by atoms with Crippen LogP contribution in [0.15, 0.2) is 59.5 Å². The van der Waals surface area contributed by atoms with Crippen molar-refractivity contribution in [3.8, 4) is 0 Å². The lowest BCUT2D eigenvalue weighted by atomic mass is 10.1. The first-order valence-corrected chi connectivity index (χ1v) is 12.4. The molecule has 178 valence electrons. The minimum absolute atomic E-state index is 0.00984. The molecule has 0 fully saturated rings. The highest BCUT2D eigenvalue weighted by Crippen LogP contribution is 2.26. The molecule has 3 aromatic rings. The van der Waals surface area contributed by atoms with Crippen LogP contribution >= 0.6 is 11.6 Å². The third kappa shape index (κ3) is 5.58. The highest BCUT2D eigenvalue weighted by molar-refractivity contribution is 7.92. The predicted octanol–water partition coefficient (Wildman–Crippen LogP) is 5.50. The topological polar surface area (TPSA) is 102 Å². The van der Waals surface area contributed by atoms with Gasteiger partial charge in [-0.3, -0.25) is 9.52 Å². The molecule has 2 N–H and O–H groups in total. The summed E-state index contributed by atoms with van der Waals surface area (Å²) in [6.07, 6.45) is 0. The summed E-state index contributed by atoms with van der Waals surface area (Å²) in [7, 11) is -3.95. The van der Waals surface area contributed by atoms with Crippen molar-refractivity contribution < 1.29 is 22.7 Å². The van der Waals surface area contributed by atoms with Gasteiger partial charge >= 0.3 is 5.97 Å². The van der Waals surface area contributed by atoms with E-state index in [-0.39, 0.29) is 27.7 Å². The highest BCUT2D eigenvalue weighted by Gasteiger charge is 2.21. The van der Waals surface area contributed by atoms with Crippen LogP contribution in [0.4, 0.5) is 11.4 Å². The number of ether oxygens (including phenoxy) is 1. The zero-order chi connectivity index (χ0) is 25.0. The van der Waals surface area contributed by atoms with Gasteiger partial charge < -0.3 is 10.1 Å². The van der Waals surface area contributed by atoms with Gasteiger partial charge in [-0.05, 0) is 80.8 Å². The molecule has 9 heteroatoms. The molecule has 0 spiro atoms. The standard InChI is InChI=1S/C25H25ClN2O5S/c1-5-33-25(30)20-14-19(11-12-21(20)26)27-24(29)18-10-9-16(3)23(13-18)34(31,32)28-22-8-6-7-15(2)17(22)4/h6-14,28H,5H2,1-4H3,(H,27,29). The number of aryl methyl sites for hydroxylation is 2. The number of sulfonamides is 1. The molecule has 0 unspecified atom stereocenters. The van der Waals surface area contributed by atoms with Crippen LogP contribution in [-0.4, -0.2) is 26.9 Å². The van der Waals surface area contributed by atoms with E-state index in [9.17, 15) is 18.0 Å². The first-order chi connectivity index (χ1) is 16.0. The number of anilines is 2. The molecule has 7 nitrogen and oxygen atoms in total. The van der Waals surface area contributed by atoms with Crippen molar-refractivity contribution in [1.82, 2.24) is 0 Å². The third-order valence-corrected chi connectivity index (χ3v) is 7.15. The largest absolute Gasteiger partial charge is 0.462 e. The molecule has 0 aliphatic carbocycles. The van der Waals surface area contributed by atoms with Gasteiger partial charge in [0.1, 0.15) is 0 Å². The van der Waals surface area contributed by atoms with E-state index >= 15 is 0 Å². The zero-order valence-electron chi connectivity index (χ0n) is 19.2. The number of hydrogen-bond acceptors (Lipinski definition) is 5. The zero-order valence-corrected chi connectivity index (χ0v) is 20.8. The number of rotatable bonds is 7. The number of esters is 1. The summed E-state index contributed by atoms with van der Waals surface area (Å²) in [6.45, 7) is 7.25. The smallest absolute Gasteiger partial charge is 0.339 e. The summed E-state index contributed by atoms with van der Waals surface area (Å²) >= 11 is 6.07. The van der Waals surface area contributed by atoms with E-state index < -0.39 is 21.9 Å². The first kappa shape index (κ1) is 25.3. The lowest BCUT2D eigenvalue weighted by Gasteiger charge is -2.15. The van der Waals surface area contributed by atoms with Crippen molar-refractivity contribution in [2.75, 3.05) is 16.6 Å². The Morgan fingerprint density at radius 3 is 2.41 bits per heavy atom. The van der Waals surface area contributed by atoms with Crippen LogP contribution in [0, 0.1) is 20.8 Å². The van der Waals surface area contributed by atoms with Crippen LogP contribution < -0.4 is 10.0 Å². The Hall–Kier alpha value is -3.36. The van der Waals surface area contributed by atoms with Gasteiger partial charge in [0.2, 0.25) is 0 Å². The maximum atomic E-state index is 13.1. The highest BCUT2D eigenvalue weighted by atomic mass is 35.5. The molecular weight excluding hydrogens is 476 g/mol. The van der Waals surface area contributed by atoms with E-state index in [4.69, 9.17) is 16.3 Å². The summed E-state index contributed by atoms with van der Waals surface area (Å²) < 4.78 is 33.8. The van der Waals surface area contributed by atoms with Gasteiger partial charge in [0.15, 0.2) is 0 Å². The number of nitrogens with one attached hydrogen (secondary N) is 2. The van der Waals surface area contributed by atoms with Crippen molar-refractivity contribution >= 4 is 44.9 Å². The number of hydrogen-bond donors (Lipinski definition) is 2. The maximum absolute atomic E-state index is 13.1. The molecule has 0 atom stereocenters. The monoisotopic (exact) mass is 500 g/mol. The second kappa shape index (κ2) is 10.3. The van der Waals surface area contributed by atoms with Gasteiger partial charge in [-0.2, -0.15) is 0 Å². The fraction of sp³-hybridized carbons (Fsp3) is 0.200. The van der Waals surface area contributed by atoms with Crippen molar-refractivity contribution in [2.24, 2.45) is 0 Å². The number of carbonyl (C=O) groups is 2. The Labute approximate surface area is 204 Å². The van der Waals surface area contributed by atoms with Gasteiger partial charge in [-0.25, -0.2) is 13.2 Å². The summed E-state index contributed by atoms with van der Waals surface area (Å²) in [5.74, 6) is -1.15. The number of amides is 1. The molecular formula is C25H25ClN2O5S. The normalized spacial score (nSPS) is 11.1. The Bertz CT molecular complexity index is 1370. The lowest BCUT2D eigenvalue weighted by molar-refractivity contribution is 0.0526. The van der Waals surface area contributed by atoms with Crippen LogP contribution in [0.25, 0.3) is 0 Å². The van der Waals surface area contributed by atoms with Crippen LogP contribution in [0.3, 0.4) is 0 Å². The van der Waals surface area contributed by atoms with Crippen LogP contribution in [0.5, 0.6) is 0 Å². The van der Waals surface area contributed by atoms with Crippen LogP contribution in [0.2, 0.25) is 5.02 Å². The Kier molecular flexibility index (Phi) is 7.64. The fourth-order valence-electron chi connectivity index (χ4n) is 3.26. The van der Waals surface area contributed by atoms with Crippen molar-refractivity contribution in [3.05, 3.63) is 87.4 Å². The van der Waals surface area contributed by atoms with Gasteiger partial charge in [0, 0.05) is 11.3 Å². The van der Waals surface area contributed by atoms with Crippen molar-refractivity contribution in [3.63, 3.8) is 0 Å². The molecule has 0 bridgehead atoms. The summed E-state index contributed by atoms with van der Waals surface area (Å²) in [5, 5.41) is 2.86. The third-order valence-electron chi connectivity index (χ3n) is 5.31. The number of benzene rings is 3. The molecule has 0 aromatic heterocycles. The van der Waals surface area contributed by atoms with Gasteiger partial charge in [0.25, 0.3) is 15.9 Å². The Morgan fingerprint density at radius 1 is 0.971 bits per heavy atom. The van der Waals surface area contributed by atoms with Gasteiger partial charge in [-0.15, -0.1) is 0 Å². The van der Waals surface area contributed by atoms with Crippen LogP contribution in [-0.2, 0) is 14.8 Å². The SMILES string of the molecule is CCOC(=O)c1cc(NC(=O)c2ccc(C)c(S(=O)(=O)Nc3cccc(C)c3C)c2)ccc1Cl. The molecule has 0 aliphatic rings. The Balaban J connectivity index is 1.88. The van der Waals surface area contributed by atoms with Gasteiger partial charge in [-0.1, -0.05) is 29.8 Å². The molecule has 3 rings (SSSR count). The quantitative estimate of drug-likeness (QED) is 0.417. The van der Waals surface area contributed by atoms with E-state index in [1.807, 2.05) is 19.9 Å². The average molecular weight is 501 g/mol. The Morgan fingerprint density at radius 2 is 1.71 bits per heavy atom. The average Bonchev–Trinajstić information content (AvgIpc) is 2.78. The molecule has 34 heavy (non-hydrogen) atoms. The minimum atomic E-state index is -3.95. The van der Waals surface area contributed by atoms with Crippen molar-refractivity contribution in [1.29, 1.82) is 0 Å². The predicted molar refractivity (Wildman–Crippen MR) is 133 cm³/mol. The van der Waals surface area contributed by atoms with E-state index in [2.05, 4.69) is 10.0 Å². The van der Waals surface area contributed by atoms with E-state index in [1.54, 1.807) is 32.0 Å². The molecule has 3 aromatic carbocycles. The molecule has 0 saturated heterocycles. The van der Waals surface area contributed by atoms with Gasteiger partial charge in [0.05, 0.1) is 27.8 Å². The second-order valence-corrected chi connectivity index (χ2v) is 9.76. The second-order valence-electron chi connectivity index (χ2n) is 7.70. The minimum Gasteiger partial charge on any atom is -0.462 e. The molecule has 0 saturated carbocycles. The van der Waals surface area contributed by atoms with E-state index in [0.29, 0.717) is 16.9 Å². The van der Waals surface area contributed by atoms with E-state index in [1.165, 1.54) is 30.3 Å². The molecule has 0 heterocycles. The molecule has 0 aliphatic heterocycles. The lowest BCUT2D eigenvalue weighted by Crippen LogP contribution is -2.18.